The molecular formula is C19H28O2. The number of allylic oxidation sites excluding steroid dienone is 2. The molecule has 0 aliphatic heterocycles. The van der Waals surface area contributed by atoms with Gasteiger partial charge < -0.3 is 4.74 Å². The van der Waals surface area contributed by atoms with Crippen LogP contribution in [0.1, 0.15) is 71.1 Å². The number of ether oxygens (including phenoxy) is 1. The molecule has 0 saturated heterocycles. The highest BCUT2D eigenvalue weighted by atomic mass is 16.5. The molecule has 21 heavy (non-hydrogen) atoms. The highest BCUT2D eigenvalue weighted by Crippen LogP contribution is 2.11. The molecule has 0 aromatic heterocycles. The Morgan fingerprint density at radius 2 is 1.62 bits per heavy atom. The van der Waals surface area contributed by atoms with E-state index in [4.69, 9.17) is 4.74 Å². The largest absolute Gasteiger partial charge is 0.501 e. The van der Waals surface area contributed by atoms with Gasteiger partial charge in [0, 0.05) is 25.3 Å². The van der Waals surface area contributed by atoms with Gasteiger partial charge in [-0.3, -0.25) is 4.79 Å². The van der Waals surface area contributed by atoms with Gasteiger partial charge >= 0.3 is 0 Å². The van der Waals surface area contributed by atoms with Crippen LogP contribution in [0.3, 0.4) is 0 Å². The van der Waals surface area contributed by atoms with Gasteiger partial charge in [-0.05, 0) is 19.3 Å². The van der Waals surface area contributed by atoms with Crippen LogP contribution in [0, 0.1) is 23.7 Å². The minimum atomic E-state index is 0.711. The summed E-state index contributed by atoms with van der Waals surface area (Å²) in [7, 11) is 1.61. The average molecular weight is 288 g/mol. The first-order valence-electron chi connectivity index (χ1n) is 7.94. The van der Waals surface area contributed by atoms with Crippen molar-refractivity contribution >= 4 is 6.29 Å². The molecule has 0 amide bonds. The number of carbonyl (C=O) groups is 1. The van der Waals surface area contributed by atoms with E-state index in [1.807, 2.05) is 0 Å². The van der Waals surface area contributed by atoms with Crippen LogP contribution < -0.4 is 0 Å². The van der Waals surface area contributed by atoms with Crippen LogP contribution in [-0.2, 0) is 9.53 Å². The van der Waals surface area contributed by atoms with Gasteiger partial charge in [-0.2, -0.15) is 0 Å². The van der Waals surface area contributed by atoms with Crippen LogP contribution in [0.4, 0.5) is 0 Å². The lowest BCUT2D eigenvalue weighted by Crippen LogP contribution is -1.88. The first-order valence-corrected chi connectivity index (χ1v) is 7.94. The molecule has 0 aromatic carbocycles. The third-order valence-corrected chi connectivity index (χ3v) is 3.04. The third-order valence-electron chi connectivity index (χ3n) is 3.04. The van der Waals surface area contributed by atoms with Crippen molar-refractivity contribution < 1.29 is 9.53 Å². The van der Waals surface area contributed by atoms with Crippen molar-refractivity contribution in [2.24, 2.45) is 0 Å². The van der Waals surface area contributed by atoms with Crippen LogP contribution >= 0.6 is 0 Å². The monoisotopic (exact) mass is 288 g/mol. The van der Waals surface area contributed by atoms with Crippen LogP contribution in [0.2, 0.25) is 0 Å². The Morgan fingerprint density at radius 3 is 2.29 bits per heavy atom. The summed E-state index contributed by atoms with van der Waals surface area (Å²) < 4.78 is 5.10. The molecule has 0 unspecified atom stereocenters. The zero-order valence-electron chi connectivity index (χ0n) is 13.5. The molecule has 2 heteroatoms. The topological polar surface area (TPSA) is 26.3 Å². The Morgan fingerprint density at radius 1 is 0.952 bits per heavy atom. The van der Waals surface area contributed by atoms with Crippen molar-refractivity contribution in [3.8, 4) is 23.7 Å². The van der Waals surface area contributed by atoms with Gasteiger partial charge in [-0.15, -0.1) is 11.8 Å². The van der Waals surface area contributed by atoms with Crippen molar-refractivity contribution in [1.82, 2.24) is 0 Å². The van der Waals surface area contributed by atoms with E-state index < -0.39 is 0 Å². The second-order valence-electron chi connectivity index (χ2n) is 4.87. The molecule has 0 rings (SSSR count). The van der Waals surface area contributed by atoms with Crippen LogP contribution in [0.25, 0.3) is 0 Å². The summed E-state index contributed by atoms with van der Waals surface area (Å²) in [4.78, 5) is 10.3. The fraction of sp³-hybridized carbons (Fsp3) is 0.632. The van der Waals surface area contributed by atoms with E-state index in [-0.39, 0.29) is 0 Å². The molecule has 0 spiro atoms. The summed E-state index contributed by atoms with van der Waals surface area (Å²) in [6.07, 6.45) is 12.8. The van der Waals surface area contributed by atoms with Gasteiger partial charge in [0.15, 0.2) is 0 Å². The predicted molar refractivity (Wildman–Crippen MR) is 88.6 cm³/mol. The Hall–Kier alpha value is -1.67. The summed E-state index contributed by atoms with van der Waals surface area (Å²) in [5.41, 5.74) is 0. The molecule has 0 fully saturated rings. The molecule has 0 aliphatic carbocycles. The van der Waals surface area contributed by atoms with E-state index in [0.29, 0.717) is 6.42 Å². The van der Waals surface area contributed by atoms with E-state index in [0.717, 1.165) is 50.6 Å². The van der Waals surface area contributed by atoms with Crippen LogP contribution in [0.5, 0.6) is 0 Å². The zero-order valence-corrected chi connectivity index (χ0v) is 13.5. The maximum absolute atomic E-state index is 10.3. The van der Waals surface area contributed by atoms with Gasteiger partial charge in [0.1, 0.15) is 6.29 Å². The zero-order chi connectivity index (χ0) is 15.6. The number of unbranched alkanes of at least 4 members (excludes halogenated alkanes) is 6. The number of rotatable bonds is 10. The van der Waals surface area contributed by atoms with Crippen molar-refractivity contribution in [1.29, 1.82) is 0 Å². The van der Waals surface area contributed by atoms with E-state index in [9.17, 15) is 4.79 Å². The van der Waals surface area contributed by atoms with Crippen molar-refractivity contribution in [2.45, 2.75) is 71.1 Å². The van der Waals surface area contributed by atoms with Crippen LogP contribution in [0.15, 0.2) is 11.8 Å². The van der Waals surface area contributed by atoms with E-state index in [1.165, 1.54) is 25.3 Å². The molecule has 116 valence electrons. The molecule has 0 N–H and O–H groups in total. The second kappa shape index (κ2) is 16.4. The number of carbonyl (C=O) groups excluding carboxylic acids is 1. The molecule has 0 aromatic rings. The standard InChI is InChI=1S/C19H28O2/c1-3-4-5-6-7-8-9-10-11-12-13-14-15-16-19(21-2)17-18-20/h17-18H,3-4,7,10-16H2,1-2H3/b19-17-. The quantitative estimate of drug-likeness (QED) is 0.192. The van der Waals surface area contributed by atoms with Gasteiger partial charge in [0.05, 0.1) is 19.3 Å². The van der Waals surface area contributed by atoms with E-state index in [2.05, 4.69) is 30.6 Å². The number of hydrogen-bond donors (Lipinski definition) is 0. The normalized spacial score (nSPS) is 10.1. The average Bonchev–Trinajstić information content (AvgIpc) is 2.50. The van der Waals surface area contributed by atoms with Crippen molar-refractivity contribution in [2.75, 3.05) is 7.11 Å². The molecule has 0 heterocycles. The fourth-order valence-corrected chi connectivity index (χ4v) is 1.84. The maximum atomic E-state index is 10.3. The Kier molecular flexibility index (Phi) is 15.1. The lowest BCUT2D eigenvalue weighted by Gasteiger charge is -2.04. The predicted octanol–water partition coefficient (Wildman–Crippen LogP) is 4.64. The number of aldehydes is 1. The van der Waals surface area contributed by atoms with Gasteiger partial charge in [-0.25, -0.2) is 0 Å². The highest BCUT2D eigenvalue weighted by molar-refractivity contribution is 5.65. The Bertz CT molecular complexity index is 399. The Balaban J connectivity index is 3.41. The van der Waals surface area contributed by atoms with Crippen molar-refractivity contribution in [3.63, 3.8) is 0 Å². The van der Waals surface area contributed by atoms with Gasteiger partial charge in [0.2, 0.25) is 0 Å². The lowest BCUT2D eigenvalue weighted by molar-refractivity contribution is -0.104. The maximum Gasteiger partial charge on any atom is 0.146 e. The molecule has 0 atom stereocenters. The third kappa shape index (κ3) is 14.5. The minimum absolute atomic E-state index is 0.711. The molecule has 0 bridgehead atoms. The number of hydrogen-bond acceptors (Lipinski definition) is 2. The molecule has 0 saturated carbocycles. The Labute approximate surface area is 130 Å². The summed E-state index contributed by atoms with van der Waals surface area (Å²) in [6, 6.07) is 0. The lowest BCUT2D eigenvalue weighted by atomic mass is 10.1. The van der Waals surface area contributed by atoms with Crippen LogP contribution in [-0.4, -0.2) is 13.4 Å². The second-order valence-corrected chi connectivity index (χ2v) is 4.87. The molecule has 0 aliphatic rings. The van der Waals surface area contributed by atoms with Crippen molar-refractivity contribution in [3.05, 3.63) is 11.8 Å². The summed E-state index contributed by atoms with van der Waals surface area (Å²) in [5.74, 6) is 13.2. The summed E-state index contributed by atoms with van der Waals surface area (Å²) in [5, 5.41) is 0. The summed E-state index contributed by atoms with van der Waals surface area (Å²) in [6.45, 7) is 2.13. The first kappa shape index (κ1) is 19.3. The number of methoxy groups -OCH3 is 1. The summed E-state index contributed by atoms with van der Waals surface area (Å²) >= 11 is 0. The fourth-order valence-electron chi connectivity index (χ4n) is 1.84. The van der Waals surface area contributed by atoms with Gasteiger partial charge in [-0.1, -0.05) is 38.0 Å². The molecule has 2 nitrogen and oxygen atoms in total. The smallest absolute Gasteiger partial charge is 0.146 e. The first-order chi connectivity index (χ1) is 10.3. The molecular weight excluding hydrogens is 260 g/mol. The van der Waals surface area contributed by atoms with E-state index >= 15 is 0 Å². The SMILES string of the molecule is CCCC#CCC#CCCCCCCC/C(=C/C=O)OC. The van der Waals surface area contributed by atoms with Gasteiger partial charge in [0.25, 0.3) is 0 Å². The highest BCUT2D eigenvalue weighted by Gasteiger charge is 1.96. The molecule has 0 radical (unpaired) electrons. The minimum Gasteiger partial charge on any atom is -0.501 e. The van der Waals surface area contributed by atoms with E-state index in [1.54, 1.807) is 7.11 Å².